The molecule has 2 rings (SSSR count). The van der Waals surface area contributed by atoms with Crippen LogP contribution in [-0.4, -0.2) is 36.1 Å². The molecule has 1 aromatic rings. The molecule has 0 bridgehead atoms. The summed E-state index contributed by atoms with van der Waals surface area (Å²) < 4.78 is 0. The first-order chi connectivity index (χ1) is 8.94. The number of hydrogen-bond acceptors (Lipinski definition) is 3. The maximum atomic E-state index is 6.17. The van der Waals surface area contributed by atoms with Crippen LogP contribution in [0.25, 0.3) is 0 Å². The van der Waals surface area contributed by atoms with Gasteiger partial charge in [-0.25, -0.2) is 0 Å². The highest BCUT2D eigenvalue weighted by Crippen LogP contribution is 2.36. The highest BCUT2D eigenvalue weighted by atomic mass is 35.5. The van der Waals surface area contributed by atoms with E-state index in [1.807, 2.05) is 18.2 Å². The Bertz CT molecular complexity index is 484. The first-order valence-electron chi connectivity index (χ1n) is 6.45. The monoisotopic (exact) mass is 297 g/mol. The van der Waals surface area contributed by atoms with Crippen molar-refractivity contribution in [3.05, 3.63) is 28.8 Å². The molecule has 0 aliphatic heterocycles. The maximum absolute atomic E-state index is 6.17. The molecule has 0 radical (unpaired) electrons. The standard InChI is InChI=1S/C14H20ClN3S/c1-18(2)14(6-3-7-14)9-17-10-4-5-11(13(16)19)12(15)8-10/h4-5,8,17H,3,6-7,9H2,1-2H3,(H2,16,19). The number of nitrogens with two attached hydrogens (primary N) is 1. The van der Waals surface area contributed by atoms with Gasteiger partial charge in [0.2, 0.25) is 0 Å². The van der Waals surface area contributed by atoms with Crippen molar-refractivity contribution in [3.63, 3.8) is 0 Å². The minimum atomic E-state index is 0.286. The van der Waals surface area contributed by atoms with Crippen LogP contribution in [-0.2, 0) is 0 Å². The van der Waals surface area contributed by atoms with Gasteiger partial charge in [-0.1, -0.05) is 23.8 Å². The van der Waals surface area contributed by atoms with Gasteiger partial charge < -0.3 is 16.0 Å². The average molecular weight is 298 g/mol. The summed E-state index contributed by atoms with van der Waals surface area (Å²) in [7, 11) is 4.29. The molecule has 1 saturated carbocycles. The number of rotatable bonds is 5. The Morgan fingerprint density at radius 3 is 2.58 bits per heavy atom. The fourth-order valence-electron chi connectivity index (χ4n) is 2.46. The number of likely N-dealkylation sites (N-methyl/N-ethyl adjacent to an activating group) is 1. The molecule has 0 spiro atoms. The topological polar surface area (TPSA) is 41.3 Å². The molecule has 0 amide bonds. The number of halogens is 1. The van der Waals surface area contributed by atoms with Gasteiger partial charge in [0.15, 0.2) is 0 Å². The zero-order chi connectivity index (χ0) is 14.0. The number of hydrogen-bond donors (Lipinski definition) is 2. The molecule has 3 nitrogen and oxygen atoms in total. The highest BCUT2D eigenvalue weighted by molar-refractivity contribution is 7.80. The minimum absolute atomic E-state index is 0.286. The van der Waals surface area contributed by atoms with Crippen molar-refractivity contribution in [2.75, 3.05) is 26.0 Å². The summed E-state index contributed by atoms with van der Waals surface area (Å²) >= 11 is 11.1. The molecule has 0 unspecified atom stereocenters. The van der Waals surface area contributed by atoms with Gasteiger partial charge in [-0.15, -0.1) is 0 Å². The number of thiocarbonyl (C=S) groups is 1. The molecule has 1 aromatic carbocycles. The van der Waals surface area contributed by atoms with Crippen LogP contribution in [0.15, 0.2) is 18.2 Å². The first kappa shape index (κ1) is 14.6. The molecule has 19 heavy (non-hydrogen) atoms. The van der Waals surface area contributed by atoms with Crippen molar-refractivity contribution in [1.29, 1.82) is 0 Å². The van der Waals surface area contributed by atoms with Gasteiger partial charge in [-0.2, -0.15) is 0 Å². The van der Waals surface area contributed by atoms with Gasteiger partial charge in [0.25, 0.3) is 0 Å². The first-order valence-corrected chi connectivity index (χ1v) is 7.24. The zero-order valence-electron chi connectivity index (χ0n) is 11.4. The lowest BCUT2D eigenvalue weighted by Gasteiger charge is -2.47. The van der Waals surface area contributed by atoms with Crippen molar-refractivity contribution in [3.8, 4) is 0 Å². The quantitative estimate of drug-likeness (QED) is 0.820. The van der Waals surface area contributed by atoms with E-state index in [4.69, 9.17) is 29.6 Å². The second-order valence-electron chi connectivity index (χ2n) is 5.38. The number of nitrogens with one attached hydrogen (secondary N) is 1. The van der Waals surface area contributed by atoms with Crippen molar-refractivity contribution in [2.24, 2.45) is 5.73 Å². The number of anilines is 1. The lowest BCUT2D eigenvalue weighted by Crippen LogP contribution is -2.54. The minimum Gasteiger partial charge on any atom is -0.389 e. The Labute approximate surface area is 125 Å². The second kappa shape index (κ2) is 5.65. The third-order valence-electron chi connectivity index (χ3n) is 4.09. The average Bonchev–Trinajstić information content (AvgIpc) is 2.26. The molecule has 5 heteroatoms. The molecule has 1 fully saturated rings. The Morgan fingerprint density at radius 1 is 1.47 bits per heavy atom. The van der Waals surface area contributed by atoms with Crippen LogP contribution in [0.2, 0.25) is 5.02 Å². The van der Waals surface area contributed by atoms with E-state index in [-0.39, 0.29) is 5.54 Å². The van der Waals surface area contributed by atoms with Gasteiger partial charge in [-0.05, 0) is 51.6 Å². The zero-order valence-corrected chi connectivity index (χ0v) is 12.9. The van der Waals surface area contributed by atoms with E-state index in [0.717, 1.165) is 17.8 Å². The number of benzene rings is 1. The van der Waals surface area contributed by atoms with Crippen LogP contribution in [0.4, 0.5) is 5.69 Å². The third kappa shape index (κ3) is 3.02. The lowest BCUT2D eigenvalue weighted by atomic mass is 9.75. The van der Waals surface area contributed by atoms with E-state index in [1.54, 1.807) is 0 Å². The van der Waals surface area contributed by atoms with Gasteiger partial charge in [0.05, 0.1) is 5.02 Å². The molecular weight excluding hydrogens is 278 g/mol. The fourth-order valence-corrected chi connectivity index (χ4v) is 2.97. The predicted molar refractivity (Wildman–Crippen MR) is 86.1 cm³/mol. The predicted octanol–water partition coefficient (Wildman–Crippen LogP) is 2.87. The van der Waals surface area contributed by atoms with Gasteiger partial charge in [0, 0.05) is 23.3 Å². The summed E-state index contributed by atoms with van der Waals surface area (Å²) in [6, 6.07) is 5.73. The normalized spacial score (nSPS) is 17.1. The van der Waals surface area contributed by atoms with E-state index in [0.29, 0.717) is 10.0 Å². The smallest absolute Gasteiger partial charge is 0.105 e. The van der Waals surface area contributed by atoms with Crippen LogP contribution >= 0.6 is 23.8 Å². The molecule has 0 saturated heterocycles. The second-order valence-corrected chi connectivity index (χ2v) is 6.23. The van der Waals surface area contributed by atoms with Crippen LogP contribution < -0.4 is 11.1 Å². The van der Waals surface area contributed by atoms with Gasteiger partial charge in [0.1, 0.15) is 4.99 Å². The fraction of sp³-hybridized carbons (Fsp3) is 0.500. The van der Waals surface area contributed by atoms with Crippen molar-refractivity contribution in [1.82, 2.24) is 4.90 Å². The maximum Gasteiger partial charge on any atom is 0.105 e. The Balaban J connectivity index is 2.04. The van der Waals surface area contributed by atoms with E-state index in [2.05, 4.69) is 24.3 Å². The van der Waals surface area contributed by atoms with Gasteiger partial charge >= 0.3 is 0 Å². The van der Waals surface area contributed by atoms with E-state index >= 15 is 0 Å². The van der Waals surface area contributed by atoms with Crippen LogP contribution in [0.5, 0.6) is 0 Å². The van der Waals surface area contributed by atoms with Crippen molar-refractivity contribution in [2.45, 2.75) is 24.8 Å². The third-order valence-corrected chi connectivity index (χ3v) is 4.62. The van der Waals surface area contributed by atoms with E-state index in [9.17, 15) is 0 Å². The SMILES string of the molecule is CN(C)C1(CNc2ccc(C(N)=S)c(Cl)c2)CCC1. The molecule has 104 valence electrons. The molecule has 0 atom stereocenters. The summed E-state index contributed by atoms with van der Waals surface area (Å²) in [4.78, 5) is 2.65. The lowest BCUT2D eigenvalue weighted by molar-refractivity contribution is 0.0739. The van der Waals surface area contributed by atoms with E-state index < -0.39 is 0 Å². The van der Waals surface area contributed by atoms with Crippen LogP contribution in [0.3, 0.4) is 0 Å². The number of nitrogens with zero attached hydrogens (tertiary/aromatic N) is 1. The molecule has 1 aliphatic carbocycles. The molecular formula is C14H20ClN3S. The van der Waals surface area contributed by atoms with Gasteiger partial charge in [-0.3, -0.25) is 0 Å². The van der Waals surface area contributed by atoms with Crippen LogP contribution in [0, 0.1) is 0 Å². The Morgan fingerprint density at radius 2 is 2.16 bits per heavy atom. The van der Waals surface area contributed by atoms with Crippen molar-refractivity contribution < 1.29 is 0 Å². The summed E-state index contributed by atoms with van der Waals surface area (Å²) in [5.41, 5.74) is 7.63. The summed E-state index contributed by atoms with van der Waals surface area (Å²) in [6.07, 6.45) is 3.79. The summed E-state index contributed by atoms with van der Waals surface area (Å²) in [6.45, 7) is 0.933. The van der Waals surface area contributed by atoms with Crippen molar-refractivity contribution >= 4 is 34.5 Å². The molecule has 1 aliphatic rings. The van der Waals surface area contributed by atoms with E-state index in [1.165, 1.54) is 19.3 Å². The Hall–Kier alpha value is -0.840. The van der Waals surface area contributed by atoms with Crippen LogP contribution in [0.1, 0.15) is 24.8 Å². The molecule has 0 heterocycles. The molecule has 3 N–H and O–H groups in total. The largest absolute Gasteiger partial charge is 0.389 e. The summed E-state index contributed by atoms with van der Waals surface area (Å²) in [5, 5.41) is 4.07. The highest BCUT2D eigenvalue weighted by Gasteiger charge is 2.38. The Kier molecular flexibility index (Phi) is 4.33. The molecule has 0 aromatic heterocycles. The summed E-state index contributed by atoms with van der Waals surface area (Å²) in [5.74, 6) is 0.